The minimum atomic E-state index is 0.0631. The van der Waals surface area contributed by atoms with Crippen LogP contribution in [-0.2, 0) is 24.3 Å². The summed E-state index contributed by atoms with van der Waals surface area (Å²) in [5, 5.41) is 10.3. The molecule has 6 rings (SSSR count). The average Bonchev–Trinajstić information content (AvgIpc) is 3.54. The molecule has 39 heavy (non-hydrogen) atoms. The maximum absolute atomic E-state index is 12.8. The van der Waals surface area contributed by atoms with Crippen molar-refractivity contribution in [3.05, 3.63) is 89.2 Å². The molecule has 0 saturated heterocycles. The molecule has 0 bridgehead atoms. The number of likely N-dealkylation sites (N-methyl/N-ethyl adjacent to an activating group) is 1. The summed E-state index contributed by atoms with van der Waals surface area (Å²) in [5.41, 5.74) is 4.51. The summed E-state index contributed by atoms with van der Waals surface area (Å²) in [4.78, 5) is 28.2. The van der Waals surface area contributed by atoms with Crippen molar-refractivity contribution in [3.63, 3.8) is 0 Å². The molecule has 0 aliphatic carbocycles. The Morgan fingerprint density at radius 2 is 2.05 bits per heavy atom. The first-order valence-corrected chi connectivity index (χ1v) is 14.1. The Kier molecular flexibility index (Phi) is 7.08. The van der Waals surface area contributed by atoms with Crippen LogP contribution in [0.3, 0.4) is 0 Å². The first-order chi connectivity index (χ1) is 19.1. The van der Waals surface area contributed by atoms with Crippen LogP contribution < -0.4 is 5.32 Å². The summed E-state index contributed by atoms with van der Waals surface area (Å²) in [6.07, 6.45) is 7.96. The van der Waals surface area contributed by atoms with Gasteiger partial charge in [-0.05, 0) is 49.3 Å². The number of hydrogen-bond donors (Lipinski definition) is 1. The Morgan fingerprint density at radius 1 is 1.18 bits per heavy atom. The Bertz CT molecular complexity index is 1660. The lowest BCUT2D eigenvalue weighted by Gasteiger charge is -2.26. The van der Waals surface area contributed by atoms with Gasteiger partial charge in [0.2, 0.25) is 5.91 Å². The molecule has 4 heterocycles. The molecule has 1 aliphatic rings. The second-order valence-corrected chi connectivity index (χ2v) is 10.9. The molecule has 5 aromatic rings. The lowest BCUT2D eigenvalue weighted by Crippen LogP contribution is -2.34. The fourth-order valence-corrected chi connectivity index (χ4v) is 6.17. The Hall–Kier alpha value is -4.08. The van der Waals surface area contributed by atoms with Gasteiger partial charge in [-0.2, -0.15) is 5.10 Å². The van der Waals surface area contributed by atoms with E-state index in [1.165, 1.54) is 16.0 Å². The van der Waals surface area contributed by atoms with Crippen LogP contribution in [0.4, 0.5) is 11.5 Å². The van der Waals surface area contributed by atoms with Crippen molar-refractivity contribution in [3.8, 4) is 0 Å². The topological polar surface area (TPSA) is 79.2 Å². The van der Waals surface area contributed by atoms with Crippen LogP contribution in [0.2, 0.25) is 0 Å². The summed E-state index contributed by atoms with van der Waals surface area (Å²) in [7, 11) is 2.04. The van der Waals surface area contributed by atoms with Crippen molar-refractivity contribution < 1.29 is 4.79 Å². The van der Waals surface area contributed by atoms with Crippen LogP contribution in [0.1, 0.15) is 22.9 Å². The number of aromatic nitrogens is 4. The average molecular weight is 538 g/mol. The lowest BCUT2D eigenvalue weighted by molar-refractivity contribution is -0.126. The Morgan fingerprint density at radius 3 is 2.90 bits per heavy atom. The van der Waals surface area contributed by atoms with E-state index < -0.39 is 0 Å². The summed E-state index contributed by atoms with van der Waals surface area (Å²) in [6.45, 7) is 5.86. The molecule has 0 unspecified atom stereocenters. The van der Waals surface area contributed by atoms with E-state index in [1.54, 1.807) is 23.7 Å². The fraction of sp³-hybridized carbons (Fsp3) is 0.267. The second-order valence-electron chi connectivity index (χ2n) is 9.86. The first-order valence-electron chi connectivity index (χ1n) is 13.2. The van der Waals surface area contributed by atoms with Gasteiger partial charge in [-0.25, -0.2) is 9.97 Å². The van der Waals surface area contributed by atoms with Crippen molar-refractivity contribution in [2.75, 3.05) is 32.0 Å². The first kappa shape index (κ1) is 25.2. The van der Waals surface area contributed by atoms with Crippen LogP contribution in [-0.4, -0.2) is 62.1 Å². The van der Waals surface area contributed by atoms with Crippen LogP contribution in [0.15, 0.2) is 73.2 Å². The molecule has 0 spiro atoms. The number of amides is 1. The van der Waals surface area contributed by atoms with E-state index in [2.05, 4.69) is 74.7 Å². The minimum Gasteiger partial charge on any atom is -0.340 e. The second kappa shape index (κ2) is 11.0. The van der Waals surface area contributed by atoms with Gasteiger partial charge < -0.3 is 15.1 Å². The number of nitrogens with zero attached hydrogens (tertiary/aromatic N) is 6. The van der Waals surface area contributed by atoms with E-state index >= 15 is 0 Å². The molecule has 1 amide bonds. The molecule has 1 aliphatic heterocycles. The molecule has 0 saturated carbocycles. The van der Waals surface area contributed by atoms with E-state index in [9.17, 15) is 4.79 Å². The highest BCUT2D eigenvalue weighted by Crippen LogP contribution is 2.38. The lowest BCUT2D eigenvalue weighted by atomic mass is 10.0. The number of carbonyl (C=O) groups excluding carboxylic acids is 1. The SMILES string of the molecule is CCN(C)C/C=C/C(=O)N1CCc2c(sc3ncnc(Nc4ccc5c(cnn5Cc5ccccc5)c4)c23)C1. The molecular weight excluding hydrogens is 506 g/mol. The van der Waals surface area contributed by atoms with Gasteiger partial charge in [0.1, 0.15) is 17.0 Å². The van der Waals surface area contributed by atoms with Gasteiger partial charge in [0.05, 0.1) is 30.2 Å². The number of fused-ring (bicyclic) bond motifs is 4. The van der Waals surface area contributed by atoms with Gasteiger partial charge in [-0.3, -0.25) is 9.48 Å². The molecule has 9 heteroatoms. The molecule has 3 aromatic heterocycles. The largest absolute Gasteiger partial charge is 0.340 e. The molecule has 0 fully saturated rings. The van der Waals surface area contributed by atoms with E-state index in [0.717, 1.165) is 58.7 Å². The minimum absolute atomic E-state index is 0.0631. The van der Waals surface area contributed by atoms with Gasteiger partial charge in [0.15, 0.2) is 0 Å². The molecule has 0 atom stereocenters. The van der Waals surface area contributed by atoms with Crippen molar-refractivity contribution >= 4 is 49.9 Å². The summed E-state index contributed by atoms with van der Waals surface area (Å²) in [6, 6.07) is 16.6. The van der Waals surface area contributed by atoms with Gasteiger partial charge in [-0.15, -0.1) is 11.3 Å². The van der Waals surface area contributed by atoms with Crippen molar-refractivity contribution in [2.45, 2.75) is 26.4 Å². The normalized spacial score (nSPS) is 13.6. The molecule has 8 nitrogen and oxygen atoms in total. The molecular formula is C30H31N7OS. The number of nitrogens with one attached hydrogen (secondary N) is 1. The number of hydrogen-bond acceptors (Lipinski definition) is 7. The maximum Gasteiger partial charge on any atom is 0.246 e. The summed E-state index contributed by atoms with van der Waals surface area (Å²) in [5.74, 6) is 0.865. The molecule has 1 N–H and O–H groups in total. The van der Waals surface area contributed by atoms with E-state index in [-0.39, 0.29) is 5.91 Å². The zero-order valence-electron chi connectivity index (χ0n) is 22.2. The van der Waals surface area contributed by atoms with Crippen molar-refractivity contribution in [1.82, 2.24) is 29.5 Å². The Labute approximate surface area is 231 Å². The van der Waals surface area contributed by atoms with E-state index in [1.807, 2.05) is 35.0 Å². The highest BCUT2D eigenvalue weighted by Gasteiger charge is 2.25. The zero-order chi connectivity index (χ0) is 26.8. The van der Waals surface area contributed by atoms with Gasteiger partial charge in [-0.1, -0.05) is 43.3 Å². The third-order valence-electron chi connectivity index (χ3n) is 7.25. The van der Waals surface area contributed by atoms with Crippen LogP contribution >= 0.6 is 11.3 Å². The van der Waals surface area contributed by atoms with Gasteiger partial charge >= 0.3 is 0 Å². The molecule has 198 valence electrons. The third-order valence-corrected chi connectivity index (χ3v) is 8.37. The van der Waals surface area contributed by atoms with Crippen LogP contribution in [0.5, 0.6) is 0 Å². The highest BCUT2D eigenvalue weighted by atomic mass is 32.1. The van der Waals surface area contributed by atoms with Crippen LogP contribution in [0, 0.1) is 0 Å². The quantitative estimate of drug-likeness (QED) is 0.273. The van der Waals surface area contributed by atoms with Crippen molar-refractivity contribution in [1.29, 1.82) is 0 Å². The Balaban J connectivity index is 1.21. The number of rotatable bonds is 8. The zero-order valence-corrected chi connectivity index (χ0v) is 23.0. The monoisotopic (exact) mass is 537 g/mol. The number of benzene rings is 2. The predicted octanol–water partition coefficient (Wildman–Crippen LogP) is 5.23. The standard InChI is InChI=1S/C30H31N7OS/c1-3-35(2)14-7-10-27(38)36-15-13-24-26(19-36)39-30-28(24)29(31-20-32-30)34-23-11-12-25-22(16-23)17-33-37(25)18-21-8-5-4-6-9-21/h4-12,16-17,20H,3,13-15,18-19H2,1-2H3,(H,31,32,34)/b10-7+. The maximum atomic E-state index is 12.8. The highest BCUT2D eigenvalue weighted by molar-refractivity contribution is 7.19. The molecule has 0 radical (unpaired) electrons. The summed E-state index contributed by atoms with van der Waals surface area (Å²) < 4.78 is 2.02. The predicted molar refractivity (Wildman–Crippen MR) is 157 cm³/mol. The molecule has 2 aromatic carbocycles. The van der Waals surface area contributed by atoms with Crippen molar-refractivity contribution in [2.24, 2.45) is 0 Å². The van der Waals surface area contributed by atoms with Crippen LogP contribution in [0.25, 0.3) is 21.1 Å². The van der Waals surface area contributed by atoms with Gasteiger partial charge in [0.25, 0.3) is 0 Å². The fourth-order valence-electron chi connectivity index (χ4n) is 4.96. The number of thiophene rings is 1. The number of carbonyl (C=O) groups is 1. The smallest absolute Gasteiger partial charge is 0.246 e. The third kappa shape index (κ3) is 5.28. The van der Waals surface area contributed by atoms with Gasteiger partial charge in [0, 0.05) is 35.1 Å². The number of anilines is 2. The van der Waals surface area contributed by atoms with E-state index in [4.69, 9.17) is 0 Å². The van der Waals surface area contributed by atoms with E-state index in [0.29, 0.717) is 13.1 Å². The summed E-state index contributed by atoms with van der Waals surface area (Å²) >= 11 is 1.65.